The lowest BCUT2D eigenvalue weighted by Gasteiger charge is -2.20. The van der Waals surface area contributed by atoms with Crippen molar-refractivity contribution in [2.24, 2.45) is 5.92 Å². The summed E-state index contributed by atoms with van der Waals surface area (Å²) in [6.07, 6.45) is -0.652. The Morgan fingerprint density at radius 1 is 1.33 bits per heavy atom. The number of nitrogens with zero attached hydrogens (tertiary/aromatic N) is 2. The van der Waals surface area contributed by atoms with E-state index in [4.69, 9.17) is 10.5 Å². The van der Waals surface area contributed by atoms with Crippen molar-refractivity contribution in [1.82, 2.24) is 0 Å². The molecule has 0 saturated heterocycles. The topological polar surface area (TPSA) is 84.9 Å². The molecule has 0 aliphatic heterocycles. The summed E-state index contributed by atoms with van der Waals surface area (Å²) in [7, 11) is 0. The second-order valence-corrected chi connectivity index (χ2v) is 5.20. The van der Waals surface area contributed by atoms with Gasteiger partial charge in [0.05, 0.1) is 17.0 Å². The number of alkyl halides is 2. The zero-order valence-electron chi connectivity index (χ0n) is 11.0. The molecule has 0 bridgehead atoms. The van der Waals surface area contributed by atoms with Crippen LogP contribution in [0.15, 0.2) is 18.2 Å². The highest BCUT2D eigenvalue weighted by Crippen LogP contribution is 2.45. The van der Waals surface area contributed by atoms with Gasteiger partial charge in [-0.25, -0.2) is 8.78 Å². The van der Waals surface area contributed by atoms with Gasteiger partial charge in [0, 0.05) is 12.8 Å². The molecule has 1 aromatic rings. The van der Waals surface area contributed by atoms with Gasteiger partial charge >= 0.3 is 5.97 Å². The lowest BCUT2D eigenvalue weighted by molar-refractivity contribution is -0.140. The molecule has 1 aliphatic rings. The van der Waals surface area contributed by atoms with E-state index in [1.165, 1.54) is 18.2 Å². The highest BCUT2D eigenvalue weighted by Gasteiger charge is 2.45. The van der Waals surface area contributed by atoms with Crippen LogP contribution in [-0.2, 0) is 4.79 Å². The van der Waals surface area contributed by atoms with Crippen molar-refractivity contribution < 1.29 is 18.7 Å². The molecule has 0 aromatic heterocycles. The Hall–Kier alpha value is -2.47. The molecular weight excluding hydrogens is 278 g/mol. The van der Waals surface area contributed by atoms with Crippen LogP contribution in [0.1, 0.15) is 41.9 Å². The van der Waals surface area contributed by atoms with Gasteiger partial charge in [0.2, 0.25) is 5.92 Å². The summed E-state index contributed by atoms with van der Waals surface area (Å²) < 4.78 is 26.6. The van der Waals surface area contributed by atoms with Crippen molar-refractivity contribution in [3.8, 4) is 12.1 Å². The Morgan fingerprint density at radius 2 is 2.00 bits per heavy atom. The molecular formula is C15H12F2N2O2. The Labute approximate surface area is 120 Å². The molecule has 2 atom stereocenters. The first kappa shape index (κ1) is 14.9. The van der Waals surface area contributed by atoms with E-state index >= 15 is 0 Å². The quantitative estimate of drug-likeness (QED) is 0.927. The van der Waals surface area contributed by atoms with E-state index in [9.17, 15) is 18.7 Å². The molecule has 0 amide bonds. The molecule has 21 heavy (non-hydrogen) atoms. The lowest BCUT2D eigenvalue weighted by atomic mass is 9.83. The Bertz CT molecular complexity index is 659. The number of benzene rings is 1. The molecule has 1 N–H and O–H groups in total. The lowest BCUT2D eigenvalue weighted by Crippen LogP contribution is -2.21. The van der Waals surface area contributed by atoms with Gasteiger partial charge in [-0.2, -0.15) is 10.5 Å². The van der Waals surface area contributed by atoms with Crippen molar-refractivity contribution >= 4 is 5.97 Å². The first-order valence-corrected chi connectivity index (χ1v) is 6.43. The Morgan fingerprint density at radius 3 is 2.48 bits per heavy atom. The largest absolute Gasteiger partial charge is 0.481 e. The van der Waals surface area contributed by atoms with Gasteiger partial charge in [-0.15, -0.1) is 0 Å². The molecule has 2 rings (SSSR count). The smallest absolute Gasteiger partial charge is 0.311 e. The molecule has 6 heteroatoms. The fraction of sp³-hybridized carbons (Fsp3) is 0.400. The van der Waals surface area contributed by atoms with Crippen LogP contribution in [0.5, 0.6) is 0 Å². The maximum atomic E-state index is 13.3. The number of nitriles is 2. The number of carbonyl (C=O) groups is 1. The minimum Gasteiger partial charge on any atom is -0.481 e. The average molecular weight is 290 g/mol. The zero-order valence-corrected chi connectivity index (χ0v) is 11.0. The summed E-state index contributed by atoms with van der Waals surface area (Å²) in [5.41, 5.74) is 0.494. The highest BCUT2D eigenvalue weighted by atomic mass is 19.3. The second-order valence-electron chi connectivity index (χ2n) is 5.20. The summed E-state index contributed by atoms with van der Waals surface area (Å²) >= 11 is 0. The molecule has 0 radical (unpaired) electrons. The van der Waals surface area contributed by atoms with Crippen molar-refractivity contribution in [1.29, 1.82) is 10.5 Å². The zero-order chi connectivity index (χ0) is 15.6. The number of carboxylic acid groups (broad SMARTS) is 1. The van der Waals surface area contributed by atoms with Crippen LogP contribution in [0.4, 0.5) is 8.78 Å². The average Bonchev–Trinajstić information content (AvgIpc) is 2.78. The van der Waals surface area contributed by atoms with Crippen LogP contribution in [0, 0.1) is 28.6 Å². The molecule has 0 spiro atoms. The summed E-state index contributed by atoms with van der Waals surface area (Å²) in [5.74, 6) is -5.77. The van der Waals surface area contributed by atoms with E-state index in [-0.39, 0.29) is 24.0 Å². The number of rotatable bonds is 3. The molecule has 108 valence electrons. The third kappa shape index (κ3) is 3.00. The predicted molar refractivity (Wildman–Crippen MR) is 68.5 cm³/mol. The van der Waals surface area contributed by atoms with E-state index in [0.717, 1.165) is 0 Å². The van der Waals surface area contributed by atoms with E-state index in [0.29, 0.717) is 5.56 Å². The number of hydrogen-bond acceptors (Lipinski definition) is 3. The number of hydrogen-bond donors (Lipinski definition) is 1. The molecule has 0 heterocycles. The third-order valence-electron chi connectivity index (χ3n) is 3.82. The fourth-order valence-electron chi connectivity index (χ4n) is 2.83. The van der Waals surface area contributed by atoms with E-state index < -0.39 is 30.1 Å². The molecule has 1 aliphatic carbocycles. The van der Waals surface area contributed by atoms with Crippen LogP contribution in [0.25, 0.3) is 0 Å². The SMILES string of the molecule is N#Cc1ccc([C@@H](C(=O)O)[C@@H]2CCC(F)(F)C2)cc1C#N. The van der Waals surface area contributed by atoms with Crippen LogP contribution in [-0.4, -0.2) is 17.0 Å². The fourth-order valence-corrected chi connectivity index (χ4v) is 2.83. The van der Waals surface area contributed by atoms with Gasteiger partial charge in [0.25, 0.3) is 0 Å². The number of halogens is 2. The number of aliphatic carboxylic acids is 1. The third-order valence-corrected chi connectivity index (χ3v) is 3.82. The Balaban J connectivity index is 2.39. The van der Waals surface area contributed by atoms with Crippen molar-refractivity contribution in [2.45, 2.75) is 31.1 Å². The first-order valence-electron chi connectivity index (χ1n) is 6.43. The molecule has 1 fully saturated rings. The van der Waals surface area contributed by atoms with Crippen LogP contribution < -0.4 is 0 Å². The minimum absolute atomic E-state index is 0.0611. The monoisotopic (exact) mass is 290 g/mol. The van der Waals surface area contributed by atoms with Crippen molar-refractivity contribution in [3.05, 3.63) is 34.9 Å². The first-order chi connectivity index (χ1) is 9.88. The molecule has 0 unspecified atom stereocenters. The molecule has 4 nitrogen and oxygen atoms in total. The van der Waals surface area contributed by atoms with Gasteiger partial charge in [-0.05, 0) is 30.0 Å². The minimum atomic E-state index is -2.83. The molecule has 1 aromatic carbocycles. The maximum absolute atomic E-state index is 13.3. The predicted octanol–water partition coefficient (Wildman–Crippen LogP) is 3.03. The van der Waals surface area contributed by atoms with Crippen molar-refractivity contribution in [3.63, 3.8) is 0 Å². The standard InChI is InChI=1S/C15H12F2N2O2/c16-15(17)4-3-10(6-15)13(14(20)21)9-1-2-11(7-18)12(5-9)8-19/h1-2,5,10,13H,3-4,6H2,(H,20,21)/t10-,13-/m1/s1. The summed E-state index contributed by atoms with van der Waals surface area (Å²) in [6.45, 7) is 0. The van der Waals surface area contributed by atoms with Crippen LogP contribution in [0.2, 0.25) is 0 Å². The van der Waals surface area contributed by atoms with Gasteiger partial charge < -0.3 is 5.11 Å². The highest BCUT2D eigenvalue weighted by molar-refractivity contribution is 5.77. The van der Waals surface area contributed by atoms with Crippen molar-refractivity contribution in [2.75, 3.05) is 0 Å². The van der Waals surface area contributed by atoms with Gasteiger partial charge in [-0.1, -0.05) is 6.07 Å². The summed E-state index contributed by atoms with van der Waals surface area (Å²) in [4.78, 5) is 11.5. The van der Waals surface area contributed by atoms with Gasteiger partial charge in [-0.3, -0.25) is 4.79 Å². The normalized spacial score (nSPS) is 21.2. The van der Waals surface area contributed by atoms with Gasteiger partial charge in [0.15, 0.2) is 0 Å². The maximum Gasteiger partial charge on any atom is 0.311 e. The molecule has 1 saturated carbocycles. The van der Waals surface area contributed by atoms with Crippen LogP contribution in [0.3, 0.4) is 0 Å². The second kappa shape index (κ2) is 5.49. The van der Waals surface area contributed by atoms with E-state index in [2.05, 4.69) is 0 Å². The van der Waals surface area contributed by atoms with Gasteiger partial charge in [0.1, 0.15) is 12.1 Å². The number of carboxylic acids is 1. The summed E-state index contributed by atoms with van der Waals surface area (Å²) in [5, 5.41) is 27.2. The Kier molecular flexibility index (Phi) is 3.90. The summed E-state index contributed by atoms with van der Waals surface area (Å²) in [6, 6.07) is 7.76. The van der Waals surface area contributed by atoms with E-state index in [1.54, 1.807) is 0 Å². The van der Waals surface area contributed by atoms with Crippen LogP contribution >= 0.6 is 0 Å². The van der Waals surface area contributed by atoms with E-state index in [1.807, 2.05) is 12.1 Å².